The molecule has 0 aromatic carbocycles. The Bertz CT molecular complexity index is 902. The summed E-state index contributed by atoms with van der Waals surface area (Å²) in [5, 5.41) is 0. The van der Waals surface area contributed by atoms with Gasteiger partial charge in [0.05, 0.1) is 0 Å². The number of ether oxygens (including phenoxy) is 2. The van der Waals surface area contributed by atoms with Crippen molar-refractivity contribution in [2.75, 3.05) is 0 Å². The lowest BCUT2D eigenvalue weighted by Crippen LogP contribution is -2.56. The van der Waals surface area contributed by atoms with Crippen LogP contribution in [-0.2, 0) is 19.1 Å². The summed E-state index contributed by atoms with van der Waals surface area (Å²) >= 11 is 0. The Morgan fingerprint density at radius 2 is 1.67 bits per heavy atom. The molecule has 0 amide bonds. The molecule has 4 aliphatic rings. The van der Waals surface area contributed by atoms with E-state index in [1.807, 2.05) is 0 Å². The van der Waals surface area contributed by atoms with Crippen LogP contribution in [0.2, 0.25) is 0 Å². The number of carbonyl (C=O) groups excluding carboxylic acids is 2. The summed E-state index contributed by atoms with van der Waals surface area (Å²) in [6, 6.07) is 0. The van der Waals surface area contributed by atoms with Crippen LogP contribution in [0, 0.1) is 52.3 Å². The summed E-state index contributed by atoms with van der Waals surface area (Å²) in [5.74, 6) is 3.33. The maximum absolute atomic E-state index is 12.4. The molecule has 0 aromatic rings. The Morgan fingerprint density at radius 3 is 2.31 bits per heavy atom. The molecule has 3 saturated carbocycles. The molecule has 3 fully saturated rings. The summed E-state index contributed by atoms with van der Waals surface area (Å²) in [7, 11) is 0. The normalized spacial score (nSPS) is 41.6. The van der Waals surface area contributed by atoms with Crippen LogP contribution in [0.1, 0.15) is 100 Å². The van der Waals surface area contributed by atoms with Gasteiger partial charge in [0.25, 0.3) is 0 Å². The van der Waals surface area contributed by atoms with Crippen LogP contribution in [0.25, 0.3) is 0 Å². The van der Waals surface area contributed by atoms with E-state index in [0.717, 1.165) is 32.1 Å². The van der Waals surface area contributed by atoms with Gasteiger partial charge in [0.1, 0.15) is 12.2 Å². The molecule has 0 bridgehead atoms. The lowest BCUT2D eigenvalue weighted by molar-refractivity contribution is -0.168. The molecule has 0 N–H and O–H groups in total. The Kier molecular flexibility index (Phi) is 7.85. The first-order valence-electron chi connectivity index (χ1n) is 14.6. The van der Waals surface area contributed by atoms with Gasteiger partial charge in [0, 0.05) is 19.8 Å². The smallest absolute Gasteiger partial charge is 0.302 e. The fourth-order valence-corrected chi connectivity index (χ4v) is 8.83. The highest BCUT2D eigenvalue weighted by Gasteiger charge is 2.62. The molecule has 0 saturated heterocycles. The van der Waals surface area contributed by atoms with E-state index >= 15 is 0 Å². The lowest BCUT2D eigenvalue weighted by Gasteiger charge is -2.59. The largest absolute Gasteiger partial charge is 0.463 e. The van der Waals surface area contributed by atoms with Gasteiger partial charge in [0.2, 0.25) is 0 Å². The average Bonchev–Trinajstić information content (AvgIpc) is 3.13. The van der Waals surface area contributed by atoms with Crippen molar-refractivity contribution in [2.45, 2.75) is 113 Å². The van der Waals surface area contributed by atoms with E-state index in [9.17, 15) is 9.59 Å². The number of esters is 2. The van der Waals surface area contributed by atoms with E-state index in [1.165, 1.54) is 19.8 Å². The number of carbonyl (C=O) groups is 2. The quantitative estimate of drug-likeness (QED) is 0.281. The number of hydrogen-bond donors (Lipinski definition) is 0. The van der Waals surface area contributed by atoms with Crippen LogP contribution in [0.4, 0.5) is 0 Å². The molecule has 0 heterocycles. The van der Waals surface area contributed by atoms with Gasteiger partial charge < -0.3 is 9.47 Å². The minimum absolute atomic E-state index is 0.0216. The second-order valence-corrected chi connectivity index (χ2v) is 13.6. The van der Waals surface area contributed by atoms with Crippen molar-refractivity contribution in [1.29, 1.82) is 0 Å². The topological polar surface area (TPSA) is 52.6 Å². The van der Waals surface area contributed by atoms with Gasteiger partial charge in [0.15, 0.2) is 0 Å². The number of fused-ring (bicyclic) bond motifs is 5. The zero-order valence-corrected chi connectivity index (χ0v) is 24.0. The molecule has 0 spiro atoms. The molecule has 0 radical (unpaired) electrons. The van der Waals surface area contributed by atoms with Crippen molar-refractivity contribution in [3.05, 3.63) is 23.8 Å². The number of rotatable bonds is 6. The highest BCUT2D eigenvalue weighted by atomic mass is 16.5. The minimum atomic E-state index is -0.176. The van der Waals surface area contributed by atoms with Crippen molar-refractivity contribution >= 4 is 11.9 Å². The molecule has 4 heteroatoms. The maximum atomic E-state index is 12.4. The highest BCUT2D eigenvalue weighted by Crippen LogP contribution is 2.67. The first kappa shape index (κ1) is 27.5. The molecule has 0 aromatic heterocycles. The van der Waals surface area contributed by atoms with Crippen LogP contribution in [-0.4, -0.2) is 24.1 Å². The van der Waals surface area contributed by atoms with Gasteiger partial charge in [-0.2, -0.15) is 0 Å². The molecule has 4 rings (SSSR count). The Hall–Kier alpha value is -1.58. The molecule has 4 aliphatic carbocycles. The number of allylic oxidation sites excluding steroid dienone is 3. The summed E-state index contributed by atoms with van der Waals surface area (Å²) < 4.78 is 11.9. The Morgan fingerprint density at radius 1 is 0.972 bits per heavy atom. The summed E-state index contributed by atoms with van der Waals surface area (Å²) in [4.78, 5) is 24.0. The van der Waals surface area contributed by atoms with E-state index in [2.05, 4.69) is 59.8 Å². The van der Waals surface area contributed by atoms with Gasteiger partial charge in [-0.25, -0.2) is 0 Å². The lowest BCUT2D eigenvalue weighted by atomic mass is 9.46. The zero-order chi connectivity index (χ0) is 26.4. The predicted molar refractivity (Wildman–Crippen MR) is 144 cm³/mol. The third kappa shape index (κ3) is 4.95. The SMILES string of the molecule is CC(=O)O[C@@H]1CC[C@@]2(C)[C@@H](CC=C3[C@@H]2[C@@H](OC(C)=O)C[C@@]2(C)[C@@H]([C@H](C)/C=C/[C@H](C)C(C)C)CC[C@@H]32)C1. The van der Waals surface area contributed by atoms with Crippen molar-refractivity contribution in [3.8, 4) is 0 Å². The van der Waals surface area contributed by atoms with Gasteiger partial charge in [-0.15, -0.1) is 0 Å². The molecular formula is C32H50O4. The van der Waals surface area contributed by atoms with Crippen LogP contribution in [0.3, 0.4) is 0 Å². The fourth-order valence-electron chi connectivity index (χ4n) is 8.83. The molecule has 0 unspecified atom stereocenters. The van der Waals surface area contributed by atoms with Gasteiger partial charge in [-0.05, 0) is 91.3 Å². The predicted octanol–water partition coefficient (Wildman–Crippen LogP) is 7.52. The third-order valence-electron chi connectivity index (χ3n) is 11.1. The van der Waals surface area contributed by atoms with Crippen molar-refractivity contribution in [3.63, 3.8) is 0 Å². The first-order valence-corrected chi connectivity index (χ1v) is 14.6. The highest BCUT2D eigenvalue weighted by molar-refractivity contribution is 5.66. The third-order valence-corrected chi connectivity index (χ3v) is 11.1. The molecule has 202 valence electrons. The maximum Gasteiger partial charge on any atom is 0.302 e. The molecule has 0 aliphatic heterocycles. The van der Waals surface area contributed by atoms with Gasteiger partial charge in [-0.3, -0.25) is 9.59 Å². The van der Waals surface area contributed by atoms with E-state index in [1.54, 1.807) is 12.5 Å². The van der Waals surface area contributed by atoms with Crippen LogP contribution in [0.15, 0.2) is 23.8 Å². The van der Waals surface area contributed by atoms with Crippen molar-refractivity contribution in [1.82, 2.24) is 0 Å². The summed E-state index contributed by atoms with van der Waals surface area (Å²) in [6.45, 7) is 17.3. The minimum Gasteiger partial charge on any atom is -0.463 e. The molecular weight excluding hydrogens is 448 g/mol. The van der Waals surface area contributed by atoms with E-state index in [0.29, 0.717) is 35.5 Å². The van der Waals surface area contributed by atoms with Crippen LogP contribution < -0.4 is 0 Å². The second-order valence-electron chi connectivity index (χ2n) is 13.6. The average molecular weight is 499 g/mol. The van der Waals surface area contributed by atoms with Crippen LogP contribution in [0.5, 0.6) is 0 Å². The zero-order valence-electron chi connectivity index (χ0n) is 24.0. The summed E-state index contributed by atoms with van der Waals surface area (Å²) in [6.07, 6.45) is 14.7. The van der Waals surface area contributed by atoms with E-state index in [-0.39, 0.29) is 40.9 Å². The Balaban J connectivity index is 1.64. The molecule has 10 atom stereocenters. The monoisotopic (exact) mass is 498 g/mol. The standard InChI is InChI=1S/C32H50O4/c1-19(2)20(3)9-10-21(4)27-13-14-28-26-12-11-24-17-25(35-22(5)33)15-16-31(24,7)30(26)29(36-23(6)34)18-32(27,28)8/h9-10,12,19-21,24-25,27-30H,11,13-18H2,1-8H3/b10-9+/t20-,21+,24-,25+,27+,28-,29-,30+,31-,32-/m0/s1. The molecule has 4 nitrogen and oxygen atoms in total. The van der Waals surface area contributed by atoms with E-state index in [4.69, 9.17) is 9.47 Å². The van der Waals surface area contributed by atoms with Gasteiger partial charge >= 0.3 is 11.9 Å². The van der Waals surface area contributed by atoms with Crippen molar-refractivity contribution in [2.24, 2.45) is 52.3 Å². The number of hydrogen-bond acceptors (Lipinski definition) is 4. The fraction of sp³-hybridized carbons (Fsp3) is 0.812. The first-order chi connectivity index (χ1) is 16.9. The van der Waals surface area contributed by atoms with Crippen LogP contribution >= 0.6 is 0 Å². The molecule has 36 heavy (non-hydrogen) atoms. The summed E-state index contributed by atoms with van der Waals surface area (Å²) in [5.41, 5.74) is 1.80. The Labute approximate surface area is 219 Å². The second kappa shape index (κ2) is 10.3. The van der Waals surface area contributed by atoms with Crippen molar-refractivity contribution < 1.29 is 19.1 Å². The van der Waals surface area contributed by atoms with E-state index < -0.39 is 0 Å². The van der Waals surface area contributed by atoms with Gasteiger partial charge in [-0.1, -0.05) is 65.3 Å².